The molecule has 5 heteroatoms. The van der Waals surface area contributed by atoms with Crippen LogP contribution >= 0.6 is 11.3 Å². The molecule has 0 saturated carbocycles. The summed E-state index contributed by atoms with van der Waals surface area (Å²) in [6.45, 7) is 0.789. The highest BCUT2D eigenvalue weighted by atomic mass is 32.1. The van der Waals surface area contributed by atoms with Gasteiger partial charge in [0.05, 0.1) is 4.88 Å². The van der Waals surface area contributed by atoms with Crippen LogP contribution in [0.5, 0.6) is 0 Å². The molecule has 0 spiro atoms. The van der Waals surface area contributed by atoms with Crippen molar-refractivity contribution in [2.75, 3.05) is 13.2 Å². The molecule has 0 bridgehead atoms. The highest BCUT2D eigenvalue weighted by Gasteiger charge is 2.09. The van der Waals surface area contributed by atoms with Gasteiger partial charge in [-0.1, -0.05) is 0 Å². The van der Waals surface area contributed by atoms with Crippen molar-refractivity contribution in [1.82, 2.24) is 5.32 Å². The quantitative estimate of drug-likeness (QED) is 0.800. The monoisotopic (exact) mass is 281 g/mol. The Bertz CT molecular complexity index is 568. The van der Waals surface area contributed by atoms with Crippen LogP contribution in [0.2, 0.25) is 0 Å². The lowest BCUT2D eigenvalue weighted by molar-refractivity contribution is 0.0957. The Labute approximate surface area is 115 Å². The van der Waals surface area contributed by atoms with Crippen LogP contribution in [-0.4, -0.2) is 24.2 Å². The number of aliphatic hydroxyl groups excluding tert-OH is 1. The van der Waals surface area contributed by atoms with Crippen LogP contribution in [0, 0.1) is 5.82 Å². The number of benzene rings is 1. The van der Waals surface area contributed by atoms with Crippen LogP contribution in [-0.2, 0) is 0 Å². The molecule has 3 nitrogen and oxygen atoms in total. The van der Waals surface area contributed by atoms with Gasteiger partial charge >= 0.3 is 0 Å². The Morgan fingerprint density at radius 2 is 2.11 bits per heavy atom. The molecule has 0 unspecified atom stereocenters. The standard InChI is InChI=1S/C14H16FNO2S/c15-11-4-5-12-10(8-11)9-13(19-12)14(18)16-6-2-1-3-7-17/h4-5,8-9,17H,1-3,6-7H2,(H,16,18). The fourth-order valence-electron chi connectivity index (χ4n) is 1.83. The van der Waals surface area contributed by atoms with E-state index in [0.717, 1.165) is 29.3 Å². The average Bonchev–Trinajstić information content (AvgIpc) is 2.81. The average molecular weight is 281 g/mol. The van der Waals surface area contributed by atoms with Crippen LogP contribution < -0.4 is 5.32 Å². The number of rotatable bonds is 6. The number of thiophene rings is 1. The highest BCUT2D eigenvalue weighted by Crippen LogP contribution is 2.26. The summed E-state index contributed by atoms with van der Waals surface area (Å²) >= 11 is 1.36. The highest BCUT2D eigenvalue weighted by molar-refractivity contribution is 7.20. The molecule has 0 aliphatic carbocycles. The van der Waals surface area contributed by atoms with E-state index in [9.17, 15) is 9.18 Å². The SMILES string of the molecule is O=C(NCCCCCO)c1cc2cc(F)ccc2s1. The van der Waals surface area contributed by atoms with Gasteiger partial charge in [0.15, 0.2) is 0 Å². The molecule has 1 aromatic carbocycles. The van der Waals surface area contributed by atoms with Crippen molar-refractivity contribution in [3.63, 3.8) is 0 Å². The molecule has 0 atom stereocenters. The van der Waals surface area contributed by atoms with Gasteiger partial charge in [0.2, 0.25) is 0 Å². The van der Waals surface area contributed by atoms with Gasteiger partial charge in [-0.05, 0) is 48.9 Å². The zero-order valence-electron chi connectivity index (χ0n) is 10.5. The fraction of sp³-hybridized carbons (Fsp3) is 0.357. The molecule has 1 heterocycles. The summed E-state index contributed by atoms with van der Waals surface area (Å²) in [4.78, 5) is 12.5. The molecule has 0 radical (unpaired) electrons. The van der Waals surface area contributed by atoms with Crippen LogP contribution in [0.15, 0.2) is 24.3 Å². The van der Waals surface area contributed by atoms with Crippen molar-refractivity contribution in [2.24, 2.45) is 0 Å². The summed E-state index contributed by atoms with van der Waals surface area (Å²) in [5, 5.41) is 12.2. The van der Waals surface area contributed by atoms with Crippen LogP contribution in [0.1, 0.15) is 28.9 Å². The Morgan fingerprint density at radius 3 is 2.89 bits per heavy atom. The van der Waals surface area contributed by atoms with Crippen molar-refractivity contribution in [2.45, 2.75) is 19.3 Å². The van der Waals surface area contributed by atoms with Crippen molar-refractivity contribution in [1.29, 1.82) is 0 Å². The summed E-state index contributed by atoms with van der Waals surface area (Å²) in [6, 6.07) is 6.23. The van der Waals surface area contributed by atoms with Gasteiger partial charge < -0.3 is 10.4 Å². The Morgan fingerprint density at radius 1 is 1.26 bits per heavy atom. The first kappa shape index (κ1) is 14.0. The number of amides is 1. The van der Waals surface area contributed by atoms with E-state index in [2.05, 4.69) is 5.32 Å². The van der Waals surface area contributed by atoms with E-state index in [1.807, 2.05) is 0 Å². The van der Waals surface area contributed by atoms with Gasteiger partial charge in [-0.2, -0.15) is 0 Å². The number of aliphatic hydroxyl groups is 1. The molecule has 2 aromatic rings. The van der Waals surface area contributed by atoms with Crippen molar-refractivity contribution < 1.29 is 14.3 Å². The smallest absolute Gasteiger partial charge is 0.261 e. The maximum Gasteiger partial charge on any atom is 0.261 e. The third-order valence-electron chi connectivity index (χ3n) is 2.82. The Hall–Kier alpha value is -1.46. The summed E-state index contributed by atoms with van der Waals surface area (Å²) in [5.74, 6) is -0.410. The number of nitrogens with one attached hydrogen (secondary N) is 1. The van der Waals surface area contributed by atoms with Gasteiger partial charge in [0.25, 0.3) is 5.91 Å². The minimum absolute atomic E-state index is 0.120. The van der Waals surface area contributed by atoms with Crippen molar-refractivity contribution >= 4 is 27.3 Å². The third-order valence-corrected chi connectivity index (χ3v) is 3.94. The largest absolute Gasteiger partial charge is 0.396 e. The lowest BCUT2D eigenvalue weighted by Gasteiger charge is -2.02. The zero-order valence-corrected chi connectivity index (χ0v) is 11.3. The van der Waals surface area contributed by atoms with E-state index in [1.165, 1.54) is 23.5 Å². The molecule has 1 aromatic heterocycles. The van der Waals surface area contributed by atoms with Gasteiger partial charge in [-0.25, -0.2) is 4.39 Å². The lowest BCUT2D eigenvalue weighted by atomic mass is 10.2. The van der Waals surface area contributed by atoms with E-state index >= 15 is 0 Å². The second kappa shape index (κ2) is 6.63. The molecular formula is C14H16FNO2S. The van der Waals surface area contributed by atoms with Crippen molar-refractivity contribution in [3.05, 3.63) is 35.0 Å². The number of hydrogen-bond acceptors (Lipinski definition) is 3. The molecule has 2 N–H and O–H groups in total. The van der Waals surface area contributed by atoms with Gasteiger partial charge in [-0.3, -0.25) is 4.79 Å². The molecular weight excluding hydrogens is 265 g/mol. The number of carbonyl (C=O) groups excluding carboxylic acids is 1. The number of fused-ring (bicyclic) bond motifs is 1. The first-order chi connectivity index (χ1) is 9.20. The summed E-state index contributed by atoms with van der Waals surface area (Å²) < 4.78 is 14.0. The predicted molar refractivity (Wildman–Crippen MR) is 75.1 cm³/mol. The molecule has 0 fully saturated rings. The first-order valence-electron chi connectivity index (χ1n) is 6.29. The number of unbranched alkanes of at least 4 members (excludes halogenated alkanes) is 2. The van der Waals surface area contributed by atoms with Gasteiger partial charge in [0.1, 0.15) is 5.82 Å². The topological polar surface area (TPSA) is 49.3 Å². The molecule has 0 saturated heterocycles. The predicted octanol–water partition coefficient (Wildman–Crippen LogP) is 2.93. The molecule has 1 amide bonds. The van der Waals surface area contributed by atoms with E-state index in [-0.39, 0.29) is 18.3 Å². The molecule has 0 aliphatic rings. The lowest BCUT2D eigenvalue weighted by Crippen LogP contribution is -2.23. The summed E-state index contributed by atoms with van der Waals surface area (Å²) in [6.07, 6.45) is 2.51. The zero-order chi connectivity index (χ0) is 13.7. The normalized spacial score (nSPS) is 10.8. The molecule has 2 rings (SSSR count). The third kappa shape index (κ3) is 3.75. The second-order valence-electron chi connectivity index (χ2n) is 4.33. The summed E-state index contributed by atoms with van der Waals surface area (Å²) in [7, 11) is 0. The maximum absolute atomic E-state index is 13.1. The fourth-order valence-corrected chi connectivity index (χ4v) is 2.79. The molecule has 102 valence electrons. The van der Waals surface area contributed by atoms with Gasteiger partial charge in [0, 0.05) is 17.9 Å². The molecule has 0 aliphatic heterocycles. The Kier molecular flexibility index (Phi) is 4.87. The van der Waals surface area contributed by atoms with Crippen LogP contribution in [0.3, 0.4) is 0 Å². The van der Waals surface area contributed by atoms with E-state index < -0.39 is 0 Å². The number of carbonyl (C=O) groups is 1. The van der Waals surface area contributed by atoms with E-state index in [0.29, 0.717) is 11.4 Å². The second-order valence-corrected chi connectivity index (χ2v) is 5.42. The summed E-state index contributed by atoms with van der Waals surface area (Å²) in [5.41, 5.74) is 0. The van der Waals surface area contributed by atoms with E-state index in [4.69, 9.17) is 5.11 Å². The van der Waals surface area contributed by atoms with Gasteiger partial charge in [-0.15, -0.1) is 11.3 Å². The molecule has 19 heavy (non-hydrogen) atoms. The van der Waals surface area contributed by atoms with Crippen LogP contribution in [0.25, 0.3) is 10.1 Å². The van der Waals surface area contributed by atoms with Crippen LogP contribution in [0.4, 0.5) is 4.39 Å². The maximum atomic E-state index is 13.1. The number of halogens is 1. The van der Waals surface area contributed by atoms with E-state index in [1.54, 1.807) is 12.1 Å². The first-order valence-corrected chi connectivity index (χ1v) is 7.10. The van der Waals surface area contributed by atoms with Crippen molar-refractivity contribution in [3.8, 4) is 0 Å². The minimum Gasteiger partial charge on any atom is -0.396 e. The minimum atomic E-state index is -0.290. The number of hydrogen-bond donors (Lipinski definition) is 2. The Balaban J connectivity index is 1.94.